The highest BCUT2D eigenvalue weighted by Crippen LogP contribution is 2.29. The molecule has 0 fully saturated rings. The van der Waals surface area contributed by atoms with Crippen LogP contribution in [0.2, 0.25) is 10.0 Å². The molecule has 0 spiro atoms. The van der Waals surface area contributed by atoms with E-state index in [1.54, 1.807) is 37.4 Å². The summed E-state index contributed by atoms with van der Waals surface area (Å²) in [5, 5.41) is 0.750. The Kier molecular flexibility index (Phi) is 4.91. The van der Waals surface area contributed by atoms with Crippen LogP contribution in [0.1, 0.15) is 10.4 Å². The van der Waals surface area contributed by atoms with Crippen LogP contribution in [-0.2, 0) is 0 Å². The van der Waals surface area contributed by atoms with Gasteiger partial charge in [-0.15, -0.1) is 0 Å². The number of carbonyl (C=O) groups is 1. The fraction of sp³-hybridized carbons (Fsp3) is 0.0714. The number of halogens is 3. The number of hydrogen-bond donors (Lipinski definition) is 0. The molecule has 0 heterocycles. The number of methoxy groups -OCH3 is 1. The fourth-order valence-electron chi connectivity index (χ4n) is 1.51. The van der Waals surface area contributed by atoms with Gasteiger partial charge in [-0.05, 0) is 52.3 Å². The molecule has 0 aliphatic rings. The minimum absolute atomic E-state index is 0.257. The first kappa shape index (κ1) is 15.2. The zero-order valence-electron chi connectivity index (χ0n) is 10.3. The first-order valence-corrected chi connectivity index (χ1v) is 7.07. The lowest BCUT2D eigenvalue weighted by atomic mass is 10.2. The Labute approximate surface area is 134 Å². The maximum atomic E-state index is 12.0. The van der Waals surface area contributed by atoms with Crippen molar-refractivity contribution in [2.24, 2.45) is 0 Å². The second-order valence-electron chi connectivity index (χ2n) is 3.81. The Morgan fingerprint density at radius 3 is 2.40 bits per heavy atom. The summed E-state index contributed by atoms with van der Waals surface area (Å²) >= 11 is 15.0. The van der Waals surface area contributed by atoms with E-state index in [0.717, 1.165) is 0 Å². The molecule has 0 radical (unpaired) electrons. The molecule has 20 heavy (non-hydrogen) atoms. The van der Waals surface area contributed by atoms with Gasteiger partial charge in [-0.2, -0.15) is 0 Å². The molecule has 0 saturated heterocycles. The maximum absolute atomic E-state index is 12.0. The second-order valence-corrected chi connectivity index (χ2v) is 5.51. The van der Waals surface area contributed by atoms with Crippen molar-refractivity contribution in [2.45, 2.75) is 0 Å². The molecular weight excluding hydrogens is 367 g/mol. The highest BCUT2D eigenvalue weighted by Gasteiger charge is 2.13. The van der Waals surface area contributed by atoms with E-state index in [1.165, 1.54) is 6.07 Å². The molecule has 104 valence electrons. The standard InChI is InChI=1S/C14H9BrCl2O3/c1-19-12-4-2-8(6-10(12)15)14(18)20-13-5-3-9(16)7-11(13)17/h2-7H,1H3. The van der Waals surface area contributed by atoms with Crippen LogP contribution in [0.4, 0.5) is 0 Å². The van der Waals surface area contributed by atoms with Gasteiger partial charge in [0.15, 0.2) is 0 Å². The molecule has 0 aliphatic heterocycles. The predicted molar refractivity (Wildman–Crippen MR) is 82.1 cm³/mol. The average Bonchev–Trinajstić information content (AvgIpc) is 2.41. The van der Waals surface area contributed by atoms with Gasteiger partial charge in [0.2, 0.25) is 0 Å². The van der Waals surface area contributed by atoms with Crippen LogP contribution in [0, 0.1) is 0 Å². The summed E-state index contributed by atoms with van der Waals surface area (Å²) in [4.78, 5) is 12.0. The van der Waals surface area contributed by atoms with Crippen LogP contribution in [0.25, 0.3) is 0 Å². The molecule has 3 nitrogen and oxygen atoms in total. The normalized spacial score (nSPS) is 10.2. The van der Waals surface area contributed by atoms with Gasteiger partial charge in [0, 0.05) is 5.02 Å². The minimum atomic E-state index is -0.516. The molecule has 0 bridgehead atoms. The topological polar surface area (TPSA) is 35.5 Å². The minimum Gasteiger partial charge on any atom is -0.496 e. The van der Waals surface area contributed by atoms with E-state index in [4.69, 9.17) is 32.7 Å². The average molecular weight is 376 g/mol. The van der Waals surface area contributed by atoms with Crippen molar-refractivity contribution in [1.82, 2.24) is 0 Å². The van der Waals surface area contributed by atoms with Crippen LogP contribution in [-0.4, -0.2) is 13.1 Å². The van der Waals surface area contributed by atoms with Crippen LogP contribution in [0.15, 0.2) is 40.9 Å². The first-order chi connectivity index (χ1) is 9.51. The summed E-state index contributed by atoms with van der Waals surface area (Å²) < 4.78 is 11.0. The first-order valence-electron chi connectivity index (χ1n) is 5.52. The molecule has 0 aromatic heterocycles. The maximum Gasteiger partial charge on any atom is 0.343 e. The van der Waals surface area contributed by atoms with Crippen molar-refractivity contribution >= 4 is 45.1 Å². The van der Waals surface area contributed by atoms with Crippen LogP contribution < -0.4 is 9.47 Å². The summed E-state index contributed by atoms with van der Waals surface area (Å²) in [6, 6.07) is 9.54. The Morgan fingerprint density at radius 2 is 1.80 bits per heavy atom. The SMILES string of the molecule is COc1ccc(C(=O)Oc2ccc(Cl)cc2Cl)cc1Br. The molecular formula is C14H9BrCl2O3. The number of hydrogen-bond acceptors (Lipinski definition) is 3. The Morgan fingerprint density at radius 1 is 1.10 bits per heavy atom. The number of esters is 1. The van der Waals surface area contributed by atoms with Gasteiger partial charge in [0.1, 0.15) is 11.5 Å². The monoisotopic (exact) mass is 374 g/mol. The second kappa shape index (κ2) is 6.48. The molecule has 0 saturated carbocycles. The third kappa shape index (κ3) is 3.45. The number of ether oxygens (including phenoxy) is 2. The Hall–Kier alpha value is -1.23. The lowest BCUT2D eigenvalue weighted by Gasteiger charge is -2.08. The van der Waals surface area contributed by atoms with Gasteiger partial charge >= 0.3 is 5.97 Å². The summed E-state index contributed by atoms with van der Waals surface area (Å²) in [6.45, 7) is 0. The van der Waals surface area contributed by atoms with Crippen LogP contribution in [0.5, 0.6) is 11.5 Å². The number of carbonyl (C=O) groups excluding carboxylic acids is 1. The largest absolute Gasteiger partial charge is 0.496 e. The van der Waals surface area contributed by atoms with Crippen molar-refractivity contribution < 1.29 is 14.3 Å². The van der Waals surface area contributed by atoms with Crippen molar-refractivity contribution in [2.75, 3.05) is 7.11 Å². The quantitative estimate of drug-likeness (QED) is 0.560. The van der Waals surface area contributed by atoms with Crippen LogP contribution in [0.3, 0.4) is 0 Å². The molecule has 2 rings (SSSR count). The van der Waals surface area contributed by atoms with Crippen molar-refractivity contribution in [3.05, 3.63) is 56.5 Å². The summed E-state index contributed by atoms with van der Waals surface area (Å²) in [5.41, 5.74) is 0.378. The summed E-state index contributed by atoms with van der Waals surface area (Å²) in [6.07, 6.45) is 0. The van der Waals surface area contributed by atoms with Crippen LogP contribution >= 0.6 is 39.1 Å². The molecule has 0 unspecified atom stereocenters. The Bertz CT molecular complexity index is 659. The highest BCUT2D eigenvalue weighted by atomic mass is 79.9. The molecule has 0 amide bonds. The third-order valence-corrected chi connectivity index (χ3v) is 3.63. The molecule has 0 atom stereocenters. The lowest BCUT2D eigenvalue weighted by molar-refractivity contribution is 0.0735. The van der Waals surface area contributed by atoms with Gasteiger partial charge in [0.25, 0.3) is 0 Å². The smallest absolute Gasteiger partial charge is 0.343 e. The van der Waals surface area contributed by atoms with Gasteiger partial charge in [0.05, 0.1) is 22.2 Å². The number of benzene rings is 2. The zero-order chi connectivity index (χ0) is 14.7. The molecule has 2 aromatic carbocycles. The van der Waals surface area contributed by atoms with Gasteiger partial charge < -0.3 is 9.47 Å². The molecule has 0 N–H and O–H groups in total. The molecule has 6 heteroatoms. The van der Waals surface area contributed by atoms with E-state index in [-0.39, 0.29) is 10.8 Å². The highest BCUT2D eigenvalue weighted by molar-refractivity contribution is 9.10. The van der Waals surface area contributed by atoms with Gasteiger partial charge in [-0.25, -0.2) is 4.79 Å². The summed E-state index contributed by atoms with van der Waals surface area (Å²) in [5.74, 6) is 0.372. The van der Waals surface area contributed by atoms with E-state index in [1.807, 2.05) is 0 Å². The lowest BCUT2D eigenvalue weighted by Crippen LogP contribution is -2.08. The molecule has 0 aliphatic carbocycles. The van der Waals surface area contributed by atoms with E-state index in [2.05, 4.69) is 15.9 Å². The number of rotatable bonds is 3. The van der Waals surface area contributed by atoms with E-state index < -0.39 is 5.97 Å². The third-order valence-electron chi connectivity index (χ3n) is 2.48. The van der Waals surface area contributed by atoms with Gasteiger partial charge in [-0.3, -0.25) is 0 Å². The Balaban J connectivity index is 2.21. The summed E-state index contributed by atoms with van der Waals surface area (Å²) in [7, 11) is 1.55. The van der Waals surface area contributed by atoms with E-state index in [0.29, 0.717) is 20.8 Å². The van der Waals surface area contributed by atoms with Crippen molar-refractivity contribution in [3.63, 3.8) is 0 Å². The fourth-order valence-corrected chi connectivity index (χ4v) is 2.50. The van der Waals surface area contributed by atoms with Gasteiger partial charge in [-0.1, -0.05) is 23.2 Å². The zero-order valence-corrected chi connectivity index (χ0v) is 13.4. The van der Waals surface area contributed by atoms with E-state index in [9.17, 15) is 4.79 Å². The molecule has 2 aromatic rings. The van der Waals surface area contributed by atoms with Crippen molar-refractivity contribution in [1.29, 1.82) is 0 Å². The predicted octanol–water partition coefficient (Wildman–Crippen LogP) is 4.98. The van der Waals surface area contributed by atoms with E-state index >= 15 is 0 Å². The van der Waals surface area contributed by atoms with Crippen molar-refractivity contribution in [3.8, 4) is 11.5 Å².